The molecule has 2 aliphatic rings. The quantitative estimate of drug-likeness (QED) is 0.723. The molecular weight excluding hydrogens is 406 g/mol. The summed E-state index contributed by atoms with van der Waals surface area (Å²) in [4.78, 5) is 26.0. The van der Waals surface area contributed by atoms with Crippen LogP contribution in [0.25, 0.3) is 0 Å². The van der Waals surface area contributed by atoms with Gasteiger partial charge in [-0.25, -0.2) is 18.7 Å². The SMILES string of the molecule is NC(=O)c1cccnc1OC1CCC(Nc2nccc(N3CCCC(F)(F)C3)n2)CC1. The molecule has 31 heavy (non-hydrogen) atoms. The van der Waals surface area contributed by atoms with Gasteiger partial charge < -0.3 is 20.7 Å². The van der Waals surface area contributed by atoms with Crippen LogP contribution in [0.5, 0.6) is 5.88 Å². The van der Waals surface area contributed by atoms with Crippen LogP contribution >= 0.6 is 0 Å². The van der Waals surface area contributed by atoms with E-state index in [1.165, 1.54) is 0 Å². The minimum absolute atomic E-state index is 0.0612. The van der Waals surface area contributed by atoms with Crippen LogP contribution in [0.3, 0.4) is 0 Å². The molecule has 166 valence electrons. The van der Waals surface area contributed by atoms with Crippen molar-refractivity contribution < 1.29 is 18.3 Å². The third-order valence-electron chi connectivity index (χ3n) is 5.68. The zero-order valence-corrected chi connectivity index (χ0v) is 17.1. The number of hydrogen-bond acceptors (Lipinski definition) is 7. The maximum Gasteiger partial charge on any atom is 0.265 e. The summed E-state index contributed by atoms with van der Waals surface area (Å²) >= 11 is 0. The summed E-state index contributed by atoms with van der Waals surface area (Å²) in [6.45, 7) is 0.252. The minimum Gasteiger partial charge on any atom is -0.474 e. The second-order valence-electron chi connectivity index (χ2n) is 8.08. The monoisotopic (exact) mass is 432 g/mol. The van der Waals surface area contributed by atoms with Gasteiger partial charge in [-0.2, -0.15) is 4.98 Å². The first kappa shape index (κ1) is 21.2. The van der Waals surface area contributed by atoms with Crippen molar-refractivity contribution >= 4 is 17.7 Å². The number of alkyl halides is 2. The Balaban J connectivity index is 1.32. The zero-order chi connectivity index (χ0) is 21.8. The lowest BCUT2D eigenvalue weighted by molar-refractivity contribution is -0.0118. The van der Waals surface area contributed by atoms with Gasteiger partial charge in [0.15, 0.2) is 0 Å². The molecule has 0 unspecified atom stereocenters. The first-order chi connectivity index (χ1) is 14.9. The maximum atomic E-state index is 13.7. The highest BCUT2D eigenvalue weighted by Crippen LogP contribution is 2.30. The lowest BCUT2D eigenvalue weighted by Gasteiger charge is -2.33. The molecule has 10 heteroatoms. The highest BCUT2D eigenvalue weighted by atomic mass is 19.3. The molecule has 3 heterocycles. The van der Waals surface area contributed by atoms with E-state index in [9.17, 15) is 13.6 Å². The van der Waals surface area contributed by atoms with Gasteiger partial charge in [-0.3, -0.25) is 4.79 Å². The van der Waals surface area contributed by atoms with Crippen molar-refractivity contribution in [3.8, 4) is 5.88 Å². The van der Waals surface area contributed by atoms with Crippen molar-refractivity contribution in [3.63, 3.8) is 0 Å². The Kier molecular flexibility index (Phi) is 6.15. The van der Waals surface area contributed by atoms with E-state index in [1.807, 2.05) is 0 Å². The number of anilines is 2. The number of nitrogens with one attached hydrogen (secondary N) is 1. The second kappa shape index (κ2) is 8.99. The predicted octanol–water partition coefficient (Wildman–Crippen LogP) is 3.01. The number of nitrogens with two attached hydrogens (primary N) is 1. The molecule has 0 spiro atoms. The topological polar surface area (TPSA) is 106 Å². The summed E-state index contributed by atoms with van der Waals surface area (Å²) in [5.41, 5.74) is 5.66. The number of carbonyl (C=O) groups excluding carboxylic acids is 1. The molecule has 1 aliphatic heterocycles. The van der Waals surface area contributed by atoms with Crippen molar-refractivity contribution in [1.29, 1.82) is 0 Å². The molecule has 1 amide bonds. The first-order valence-corrected chi connectivity index (χ1v) is 10.5. The Labute approximate surface area is 179 Å². The average Bonchev–Trinajstić information content (AvgIpc) is 2.75. The van der Waals surface area contributed by atoms with E-state index in [0.717, 1.165) is 25.7 Å². The number of carbonyl (C=O) groups is 1. The predicted molar refractivity (Wildman–Crippen MR) is 111 cm³/mol. The molecule has 0 atom stereocenters. The number of halogens is 2. The van der Waals surface area contributed by atoms with Crippen molar-refractivity contribution in [1.82, 2.24) is 15.0 Å². The van der Waals surface area contributed by atoms with E-state index in [4.69, 9.17) is 10.5 Å². The fourth-order valence-electron chi connectivity index (χ4n) is 4.09. The smallest absolute Gasteiger partial charge is 0.265 e. The van der Waals surface area contributed by atoms with Crippen LogP contribution in [0, 0.1) is 0 Å². The number of nitrogens with zero attached hydrogens (tertiary/aromatic N) is 4. The lowest BCUT2D eigenvalue weighted by Crippen LogP contribution is -2.43. The van der Waals surface area contributed by atoms with Crippen LogP contribution in [0.4, 0.5) is 20.5 Å². The van der Waals surface area contributed by atoms with Gasteiger partial charge in [0.2, 0.25) is 11.8 Å². The van der Waals surface area contributed by atoms with E-state index in [0.29, 0.717) is 24.7 Å². The summed E-state index contributed by atoms with van der Waals surface area (Å²) < 4.78 is 33.4. The Hall–Kier alpha value is -3.04. The molecule has 2 aromatic heterocycles. The summed E-state index contributed by atoms with van der Waals surface area (Å²) in [7, 11) is 0. The maximum absolute atomic E-state index is 13.7. The number of ether oxygens (including phenoxy) is 1. The Morgan fingerprint density at radius 3 is 2.74 bits per heavy atom. The molecular formula is C21H26F2N6O2. The highest BCUT2D eigenvalue weighted by molar-refractivity contribution is 5.94. The van der Waals surface area contributed by atoms with E-state index in [2.05, 4.69) is 20.3 Å². The van der Waals surface area contributed by atoms with Gasteiger partial charge in [-0.15, -0.1) is 0 Å². The first-order valence-electron chi connectivity index (χ1n) is 10.5. The number of amides is 1. The van der Waals surface area contributed by atoms with Crippen LogP contribution in [0.15, 0.2) is 30.6 Å². The number of pyridine rings is 1. The van der Waals surface area contributed by atoms with E-state index in [1.54, 1.807) is 35.5 Å². The van der Waals surface area contributed by atoms with Crippen LogP contribution in [0.1, 0.15) is 48.9 Å². The standard InChI is InChI=1S/C21H26F2N6O2/c22-21(23)9-2-12-29(13-21)17-8-11-26-20(28-17)27-14-4-6-15(7-5-14)31-19-16(18(24)30)3-1-10-25-19/h1,3,8,10-11,14-15H,2,4-7,9,12-13H2,(H2,24,30)(H,26,27,28). The van der Waals surface area contributed by atoms with Crippen molar-refractivity contribution in [2.45, 2.75) is 56.6 Å². The summed E-state index contributed by atoms with van der Waals surface area (Å²) in [5.74, 6) is -2.03. The molecule has 4 rings (SSSR count). The fourth-order valence-corrected chi connectivity index (χ4v) is 4.09. The molecule has 2 aromatic rings. The largest absolute Gasteiger partial charge is 0.474 e. The molecule has 1 saturated heterocycles. The van der Waals surface area contributed by atoms with Crippen LogP contribution in [-0.4, -0.2) is 52.0 Å². The molecule has 8 nitrogen and oxygen atoms in total. The molecule has 1 aliphatic carbocycles. The molecule has 1 saturated carbocycles. The van der Waals surface area contributed by atoms with Gasteiger partial charge in [-0.05, 0) is 50.3 Å². The Morgan fingerprint density at radius 2 is 2.00 bits per heavy atom. The van der Waals surface area contributed by atoms with Gasteiger partial charge >= 0.3 is 0 Å². The molecule has 2 fully saturated rings. The third-order valence-corrected chi connectivity index (χ3v) is 5.68. The van der Waals surface area contributed by atoms with Gasteiger partial charge in [0, 0.05) is 31.4 Å². The second-order valence-corrected chi connectivity index (χ2v) is 8.08. The number of aromatic nitrogens is 3. The van der Waals surface area contributed by atoms with E-state index < -0.39 is 11.8 Å². The van der Waals surface area contributed by atoms with Crippen LogP contribution < -0.4 is 20.7 Å². The molecule has 0 radical (unpaired) electrons. The summed E-state index contributed by atoms with van der Waals surface area (Å²) in [6, 6.07) is 5.06. The van der Waals surface area contributed by atoms with Crippen LogP contribution in [0.2, 0.25) is 0 Å². The lowest BCUT2D eigenvalue weighted by atomic mass is 9.93. The molecule has 3 N–H and O–H groups in total. The van der Waals surface area contributed by atoms with Crippen molar-refractivity contribution in [2.24, 2.45) is 5.73 Å². The zero-order valence-electron chi connectivity index (χ0n) is 17.1. The van der Waals surface area contributed by atoms with Gasteiger partial charge in [0.25, 0.3) is 11.8 Å². The number of primary amides is 1. The number of hydrogen-bond donors (Lipinski definition) is 2. The summed E-state index contributed by atoms with van der Waals surface area (Å²) in [5, 5.41) is 3.31. The summed E-state index contributed by atoms with van der Waals surface area (Å²) in [6.07, 6.45) is 6.64. The van der Waals surface area contributed by atoms with Crippen LogP contribution in [-0.2, 0) is 0 Å². The number of rotatable bonds is 6. The average molecular weight is 432 g/mol. The Morgan fingerprint density at radius 1 is 1.19 bits per heavy atom. The highest BCUT2D eigenvalue weighted by Gasteiger charge is 2.35. The number of piperidine rings is 1. The van der Waals surface area contributed by atoms with Gasteiger partial charge in [0.05, 0.1) is 6.54 Å². The fraction of sp³-hybridized carbons (Fsp3) is 0.524. The molecule has 0 bridgehead atoms. The van der Waals surface area contributed by atoms with Crippen molar-refractivity contribution in [3.05, 3.63) is 36.2 Å². The molecule has 0 aromatic carbocycles. The third kappa shape index (κ3) is 5.36. The Bertz CT molecular complexity index is 920. The van der Waals surface area contributed by atoms with Gasteiger partial charge in [0.1, 0.15) is 17.5 Å². The van der Waals surface area contributed by atoms with Crippen molar-refractivity contribution in [2.75, 3.05) is 23.3 Å². The van der Waals surface area contributed by atoms with Gasteiger partial charge in [-0.1, -0.05) is 0 Å². The van der Waals surface area contributed by atoms with E-state index >= 15 is 0 Å². The normalized spacial score (nSPS) is 23.2. The van der Waals surface area contributed by atoms with E-state index in [-0.39, 0.29) is 36.6 Å². The minimum atomic E-state index is -2.68.